The van der Waals surface area contributed by atoms with E-state index in [4.69, 9.17) is 0 Å². The number of nitrogens with one attached hydrogen (secondary N) is 1. The second kappa shape index (κ2) is 8.58. The van der Waals surface area contributed by atoms with Gasteiger partial charge < -0.3 is 10.2 Å². The van der Waals surface area contributed by atoms with Crippen molar-refractivity contribution in [1.82, 2.24) is 10.2 Å². The van der Waals surface area contributed by atoms with Gasteiger partial charge in [-0.2, -0.15) is 0 Å². The Labute approximate surface area is 153 Å². The van der Waals surface area contributed by atoms with Crippen molar-refractivity contribution >= 4 is 17.5 Å². The third-order valence-electron chi connectivity index (χ3n) is 4.65. The van der Waals surface area contributed by atoms with E-state index in [1.54, 1.807) is 0 Å². The molecule has 144 valence electrons. The van der Waals surface area contributed by atoms with E-state index in [2.05, 4.69) is 37.9 Å². The second-order valence-corrected chi connectivity index (χ2v) is 7.25. The van der Waals surface area contributed by atoms with Gasteiger partial charge in [-0.25, -0.2) is 8.78 Å². The molecule has 0 aromatic heterocycles. The minimum absolute atomic E-state index is 0.0437. The van der Waals surface area contributed by atoms with Gasteiger partial charge in [0, 0.05) is 49.9 Å². The van der Waals surface area contributed by atoms with Crippen LogP contribution in [-0.2, 0) is 9.59 Å². The lowest BCUT2D eigenvalue weighted by Crippen LogP contribution is -2.43. The number of anilines is 1. The van der Waals surface area contributed by atoms with Gasteiger partial charge >= 0.3 is 0 Å². The average molecular weight is 367 g/mol. The molecule has 0 spiro atoms. The summed E-state index contributed by atoms with van der Waals surface area (Å²) in [4.78, 5) is 28.1. The Hall–Kier alpha value is -2.02. The van der Waals surface area contributed by atoms with Crippen LogP contribution in [0.1, 0.15) is 34.1 Å². The molecule has 0 radical (unpaired) electrons. The molecule has 26 heavy (non-hydrogen) atoms. The van der Waals surface area contributed by atoms with Gasteiger partial charge in [0.1, 0.15) is 11.6 Å². The zero-order valence-corrected chi connectivity index (χ0v) is 15.8. The van der Waals surface area contributed by atoms with Crippen molar-refractivity contribution in [3.05, 3.63) is 29.8 Å². The zero-order valence-electron chi connectivity index (χ0n) is 15.8. The number of carbonyl (C=O) groups is 2. The van der Waals surface area contributed by atoms with E-state index in [0.29, 0.717) is 18.6 Å². The molecule has 1 aromatic rings. The van der Waals surface area contributed by atoms with Crippen LogP contribution < -0.4 is 10.2 Å². The molecule has 1 heterocycles. The quantitative estimate of drug-likeness (QED) is 0.806. The van der Waals surface area contributed by atoms with E-state index < -0.39 is 17.6 Å². The Morgan fingerprint density at radius 3 is 2.31 bits per heavy atom. The van der Waals surface area contributed by atoms with Gasteiger partial charge in [-0.3, -0.25) is 14.5 Å². The summed E-state index contributed by atoms with van der Waals surface area (Å²) >= 11 is 0. The summed E-state index contributed by atoms with van der Waals surface area (Å²) in [5.41, 5.74) is 0.147. The van der Waals surface area contributed by atoms with E-state index in [1.807, 2.05) is 0 Å². The van der Waals surface area contributed by atoms with Crippen LogP contribution in [0, 0.1) is 17.6 Å². The number of carbonyl (C=O) groups excluding carboxylic acids is 2. The van der Waals surface area contributed by atoms with Crippen LogP contribution >= 0.6 is 0 Å². The van der Waals surface area contributed by atoms with Crippen LogP contribution in [-0.4, -0.2) is 48.4 Å². The number of benzene rings is 1. The van der Waals surface area contributed by atoms with Crippen LogP contribution in [0.25, 0.3) is 0 Å². The summed E-state index contributed by atoms with van der Waals surface area (Å²) < 4.78 is 26.7. The monoisotopic (exact) mass is 367 g/mol. The van der Waals surface area contributed by atoms with Crippen molar-refractivity contribution in [2.45, 2.75) is 46.2 Å². The van der Waals surface area contributed by atoms with Crippen LogP contribution in [0.2, 0.25) is 0 Å². The first-order chi connectivity index (χ1) is 12.2. The molecule has 1 N–H and O–H groups in total. The maximum atomic E-state index is 13.4. The first-order valence-electron chi connectivity index (χ1n) is 8.99. The average Bonchev–Trinajstić information content (AvgIpc) is 2.91. The van der Waals surface area contributed by atoms with E-state index >= 15 is 0 Å². The molecule has 1 aliphatic heterocycles. The molecule has 0 aliphatic carbocycles. The van der Waals surface area contributed by atoms with Crippen molar-refractivity contribution in [3.63, 3.8) is 0 Å². The Kier molecular flexibility index (Phi) is 6.69. The second-order valence-electron chi connectivity index (χ2n) is 7.25. The summed E-state index contributed by atoms with van der Waals surface area (Å²) in [5, 5.41) is 2.87. The lowest BCUT2D eigenvalue weighted by molar-refractivity contribution is -0.126. The summed E-state index contributed by atoms with van der Waals surface area (Å²) in [6.45, 7) is 9.77. The summed E-state index contributed by atoms with van der Waals surface area (Å²) in [5.74, 6) is -2.52. The normalized spacial score (nSPS) is 17.7. The van der Waals surface area contributed by atoms with Crippen LogP contribution in [0.5, 0.6) is 0 Å². The fourth-order valence-electron chi connectivity index (χ4n) is 3.39. The number of hydrogen-bond donors (Lipinski definition) is 1. The number of amides is 2. The van der Waals surface area contributed by atoms with E-state index in [-0.39, 0.29) is 30.5 Å². The fraction of sp³-hybridized carbons (Fsp3) is 0.579. The van der Waals surface area contributed by atoms with Gasteiger partial charge in [0.2, 0.25) is 11.8 Å². The van der Waals surface area contributed by atoms with E-state index in [0.717, 1.165) is 24.7 Å². The topological polar surface area (TPSA) is 52.7 Å². The Morgan fingerprint density at radius 1 is 1.19 bits per heavy atom. The predicted molar refractivity (Wildman–Crippen MR) is 96.8 cm³/mol. The highest BCUT2D eigenvalue weighted by molar-refractivity contribution is 6.00. The van der Waals surface area contributed by atoms with Gasteiger partial charge in [0.05, 0.1) is 5.92 Å². The molecule has 1 fully saturated rings. The summed E-state index contributed by atoms with van der Waals surface area (Å²) in [7, 11) is 0. The summed E-state index contributed by atoms with van der Waals surface area (Å²) in [6, 6.07) is 3.70. The Balaban J connectivity index is 1.92. The smallest absolute Gasteiger partial charge is 0.227 e. The lowest BCUT2D eigenvalue weighted by atomic mass is 10.1. The Morgan fingerprint density at radius 2 is 1.77 bits per heavy atom. The SMILES string of the molecule is CC(C)N(CCNC(=O)C1CC(=O)N(c2cc(F)cc(F)c2)C1)C(C)C. The Bertz CT molecular complexity index is 636. The maximum absolute atomic E-state index is 13.4. The molecule has 2 amide bonds. The molecule has 1 atom stereocenters. The van der Waals surface area contributed by atoms with Gasteiger partial charge in [-0.1, -0.05) is 0 Å². The molecule has 1 aliphatic rings. The number of nitrogens with zero attached hydrogens (tertiary/aromatic N) is 2. The molecule has 5 nitrogen and oxygen atoms in total. The molecule has 2 rings (SSSR count). The first-order valence-corrected chi connectivity index (χ1v) is 8.99. The highest BCUT2D eigenvalue weighted by Crippen LogP contribution is 2.26. The standard InChI is InChI=1S/C19H27F2N3O2/c1-12(2)23(13(3)4)6-5-22-19(26)14-7-18(25)24(11-14)17-9-15(20)8-16(21)10-17/h8-10,12-14H,5-7,11H2,1-4H3,(H,22,26). The van der Waals surface area contributed by atoms with Gasteiger partial charge in [0.15, 0.2) is 0 Å². The maximum Gasteiger partial charge on any atom is 0.227 e. The van der Waals surface area contributed by atoms with Crippen LogP contribution in [0.3, 0.4) is 0 Å². The highest BCUT2D eigenvalue weighted by atomic mass is 19.1. The molecule has 0 bridgehead atoms. The van der Waals surface area contributed by atoms with Crippen molar-refractivity contribution < 1.29 is 18.4 Å². The molecule has 1 saturated heterocycles. The molecule has 1 unspecified atom stereocenters. The fourth-order valence-corrected chi connectivity index (χ4v) is 3.39. The predicted octanol–water partition coefficient (Wildman–Crippen LogP) is 2.55. The van der Waals surface area contributed by atoms with Crippen LogP contribution in [0.15, 0.2) is 18.2 Å². The summed E-state index contributed by atoms with van der Waals surface area (Å²) in [6.07, 6.45) is 0.0437. The van der Waals surface area contributed by atoms with E-state index in [9.17, 15) is 18.4 Å². The molecule has 0 saturated carbocycles. The van der Waals surface area contributed by atoms with Crippen molar-refractivity contribution in [2.24, 2.45) is 5.92 Å². The first kappa shape index (κ1) is 20.3. The van der Waals surface area contributed by atoms with Crippen LogP contribution in [0.4, 0.5) is 14.5 Å². The number of hydrogen-bond acceptors (Lipinski definition) is 3. The van der Waals surface area contributed by atoms with Crippen molar-refractivity contribution in [2.75, 3.05) is 24.5 Å². The number of rotatable bonds is 7. The highest BCUT2D eigenvalue weighted by Gasteiger charge is 2.35. The van der Waals surface area contributed by atoms with Crippen molar-refractivity contribution in [1.29, 1.82) is 0 Å². The largest absolute Gasteiger partial charge is 0.355 e. The molecule has 1 aromatic carbocycles. The molecule has 7 heteroatoms. The van der Waals surface area contributed by atoms with Gasteiger partial charge in [0.25, 0.3) is 0 Å². The lowest BCUT2D eigenvalue weighted by Gasteiger charge is -2.30. The number of halogens is 2. The minimum atomic E-state index is -0.747. The molecular weight excluding hydrogens is 340 g/mol. The van der Waals surface area contributed by atoms with Gasteiger partial charge in [-0.15, -0.1) is 0 Å². The third-order valence-corrected chi connectivity index (χ3v) is 4.65. The van der Waals surface area contributed by atoms with E-state index in [1.165, 1.54) is 4.90 Å². The molecular formula is C19H27F2N3O2. The zero-order chi connectivity index (χ0) is 19.4. The van der Waals surface area contributed by atoms with Crippen molar-refractivity contribution in [3.8, 4) is 0 Å². The third kappa shape index (κ3) is 5.00. The minimum Gasteiger partial charge on any atom is -0.355 e. The van der Waals surface area contributed by atoms with Gasteiger partial charge in [-0.05, 0) is 39.8 Å².